The molecule has 0 aliphatic carbocycles. The minimum atomic E-state index is -0.378. The van der Waals surface area contributed by atoms with Crippen LogP contribution in [-0.2, 0) is 9.59 Å². The predicted octanol–water partition coefficient (Wildman–Crippen LogP) is 5.79. The molecular formula is C27H24ClN3O4S. The summed E-state index contributed by atoms with van der Waals surface area (Å²) in [6.45, 7) is 3.59. The number of halogens is 1. The third kappa shape index (κ3) is 5.40. The maximum atomic E-state index is 13.2. The van der Waals surface area contributed by atoms with Crippen molar-refractivity contribution in [3.63, 3.8) is 0 Å². The lowest BCUT2D eigenvalue weighted by molar-refractivity contribution is -0.139. The Morgan fingerprint density at radius 1 is 0.917 bits per heavy atom. The molecule has 9 heteroatoms. The van der Waals surface area contributed by atoms with Crippen LogP contribution in [0.4, 0.5) is 11.4 Å². The zero-order valence-electron chi connectivity index (χ0n) is 19.9. The van der Waals surface area contributed by atoms with E-state index in [1.165, 1.54) is 16.7 Å². The molecule has 0 bridgehead atoms. The molecule has 36 heavy (non-hydrogen) atoms. The summed E-state index contributed by atoms with van der Waals surface area (Å²) in [4.78, 5) is 41.1. The van der Waals surface area contributed by atoms with E-state index in [1.807, 2.05) is 0 Å². The lowest BCUT2D eigenvalue weighted by Gasteiger charge is -2.19. The monoisotopic (exact) mass is 521 g/mol. The Kier molecular flexibility index (Phi) is 7.67. The van der Waals surface area contributed by atoms with Gasteiger partial charge in [-0.1, -0.05) is 35.5 Å². The summed E-state index contributed by atoms with van der Waals surface area (Å²) < 4.78 is 5.18. The Hall–Kier alpha value is -3.75. The molecule has 0 radical (unpaired) electrons. The molecule has 0 saturated heterocycles. The number of rotatable bonds is 8. The minimum absolute atomic E-state index is 0.222. The first-order valence-corrected chi connectivity index (χ1v) is 12.3. The minimum Gasteiger partial charge on any atom is -0.497 e. The van der Waals surface area contributed by atoms with Gasteiger partial charge in [-0.25, -0.2) is 0 Å². The molecule has 0 atom stereocenters. The highest BCUT2D eigenvalue weighted by molar-refractivity contribution is 8.04. The van der Waals surface area contributed by atoms with Crippen LogP contribution in [0.2, 0.25) is 5.02 Å². The van der Waals surface area contributed by atoms with Gasteiger partial charge in [0.05, 0.1) is 17.7 Å². The molecule has 3 aromatic rings. The Balaban J connectivity index is 1.55. The largest absolute Gasteiger partial charge is 0.497 e. The number of thioether (sulfide) groups is 1. The van der Waals surface area contributed by atoms with Gasteiger partial charge in [-0.15, -0.1) is 0 Å². The molecule has 0 fully saturated rings. The van der Waals surface area contributed by atoms with Gasteiger partial charge in [0.1, 0.15) is 16.4 Å². The van der Waals surface area contributed by atoms with Crippen LogP contribution < -0.4 is 15.4 Å². The summed E-state index contributed by atoms with van der Waals surface area (Å²) in [6, 6.07) is 20.6. The summed E-state index contributed by atoms with van der Waals surface area (Å²) in [5, 5.41) is 6.29. The maximum absolute atomic E-state index is 13.2. The number of carbonyl (C=O) groups excluding carboxylic acids is 3. The van der Waals surface area contributed by atoms with Crippen LogP contribution in [-0.4, -0.2) is 35.8 Å². The highest BCUT2D eigenvalue weighted by Crippen LogP contribution is 2.37. The van der Waals surface area contributed by atoms with E-state index >= 15 is 0 Å². The number of ether oxygens (including phenoxy) is 1. The van der Waals surface area contributed by atoms with Crippen LogP contribution >= 0.6 is 23.4 Å². The Bertz CT molecular complexity index is 1340. The van der Waals surface area contributed by atoms with Gasteiger partial charge in [0.15, 0.2) is 0 Å². The number of anilines is 2. The molecule has 1 aliphatic heterocycles. The number of benzene rings is 3. The quantitative estimate of drug-likeness (QED) is 0.365. The number of hydrogen-bond donors (Lipinski definition) is 2. The van der Waals surface area contributed by atoms with Gasteiger partial charge < -0.3 is 15.4 Å². The van der Waals surface area contributed by atoms with E-state index in [-0.39, 0.29) is 29.5 Å². The van der Waals surface area contributed by atoms with E-state index in [2.05, 4.69) is 10.6 Å². The topological polar surface area (TPSA) is 87.7 Å². The average Bonchev–Trinajstić information content (AvgIpc) is 3.09. The second-order valence-corrected chi connectivity index (χ2v) is 9.68. The lowest BCUT2D eigenvalue weighted by atomic mass is 10.2. The molecule has 7 nitrogen and oxygen atoms in total. The first-order valence-electron chi connectivity index (χ1n) is 11.2. The van der Waals surface area contributed by atoms with Gasteiger partial charge in [0, 0.05) is 22.3 Å². The van der Waals surface area contributed by atoms with Crippen LogP contribution in [0.1, 0.15) is 24.2 Å². The number of amides is 3. The molecule has 1 aliphatic rings. The van der Waals surface area contributed by atoms with E-state index in [1.54, 1.807) is 93.8 Å². The molecule has 1 heterocycles. The second-order valence-electron chi connectivity index (χ2n) is 8.19. The summed E-state index contributed by atoms with van der Waals surface area (Å²) in [5.41, 5.74) is 1.83. The van der Waals surface area contributed by atoms with Crippen LogP contribution in [0.25, 0.3) is 0 Å². The first-order chi connectivity index (χ1) is 17.3. The molecule has 0 spiro atoms. The summed E-state index contributed by atoms with van der Waals surface area (Å²) >= 11 is 7.30. The molecule has 0 saturated carbocycles. The standard InChI is InChI=1S/C27H24ClN3O4S/c1-16(2)31-26(33)23(29-17-8-12-19(35-3)13-9-17)24(27(31)34)36-20-14-10-18(11-15-20)30-25(32)21-6-4-5-7-22(21)28/h4-16,29H,1-3H3,(H,30,32). The van der Waals surface area contributed by atoms with E-state index in [4.69, 9.17) is 16.3 Å². The van der Waals surface area contributed by atoms with Crippen molar-refractivity contribution in [2.45, 2.75) is 24.8 Å². The Morgan fingerprint density at radius 3 is 2.17 bits per heavy atom. The number of methoxy groups -OCH3 is 1. The molecular weight excluding hydrogens is 498 g/mol. The van der Waals surface area contributed by atoms with Crippen molar-refractivity contribution in [2.24, 2.45) is 0 Å². The number of nitrogens with one attached hydrogen (secondary N) is 2. The average molecular weight is 522 g/mol. The summed E-state index contributed by atoms with van der Waals surface area (Å²) in [6.07, 6.45) is 0. The third-order valence-corrected chi connectivity index (χ3v) is 6.82. The van der Waals surface area contributed by atoms with Crippen molar-refractivity contribution >= 4 is 52.5 Å². The normalized spacial score (nSPS) is 13.4. The molecule has 2 N–H and O–H groups in total. The highest BCUT2D eigenvalue weighted by Gasteiger charge is 2.40. The smallest absolute Gasteiger partial charge is 0.278 e. The van der Waals surface area contributed by atoms with Gasteiger partial charge in [0.2, 0.25) is 0 Å². The third-order valence-electron chi connectivity index (χ3n) is 5.40. The number of hydrogen-bond acceptors (Lipinski definition) is 6. The predicted molar refractivity (Wildman–Crippen MR) is 142 cm³/mol. The van der Waals surface area contributed by atoms with E-state index < -0.39 is 0 Å². The van der Waals surface area contributed by atoms with E-state index in [0.29, 0.717) is 32.6 Å². The van der Waals surface area contributed by atoms with E-state index in [0.717, 1.165) is 4.90 Å². The number of imide groups is 1. The van der Waals surface area contributed by atoms with Crippen molar-refractivity contribution in [1.82, 2.24) is 4.90 Å². The Morgan fingerprint density at radius 2 is 1.56 bits per heavy atom. The van der Waals surface area contributed by atoms with Crippen molar-refractivity contribution < 1.29 is 19.1 Å². The lowest BCUT2D eigenvalue weighted by Crippen LogP contribution is -2.38. The van der Waals surface area contributed by atoms with E-state index in [9.17, 15) is 14.4 Å². The summed E-state index contributed by atoms with van der Waals surface area (Å²) in [7, 11) is 1.58. The van der Waals surface area contributed by atoms with Crippen molar-refractivity contribution in [3.05, 3.63) is 94.0 Å². The molecule has 184 valence electrons. The first kappa shape index (κ1) is 25.3. The maximum Gasteiger partial charge on any atom is 0.278 e. The zero-order chi connectivity index (χ0) is 25.8. The molecule has 3 aromatic carbocycles. The van der Waals surface area contributed by atoms with Crippen molar-refractivity contribution in [1.29, 1.82) is 0 Å². The Labute approximate surface area is 218 Å². The van der Waals surface area contributed by atoms with Gasteiger partial charge in [-0.2, -0.15) is 0 Å². The highest BCUT2D eigenvalue weighted by atomic mass is 35.5. The van der Waals surface area contributed by atoms with Gasteiger partial charge >= 0.3 is 0 Å². The SMILES string of the molecule is COc1ccc(NC2=C(Sc3ccc(NC(=O)c4ccccc4Cl)cc3)C(=O)N(C(C)C)C2=O)cc1. The van der Waals surface area contributed by atoms with Crippen LogP contribution in [0.3, 0.4) is 0 Å². The second kappa shape index (κ2) is 10.9. The van der Waals surface area contributed by atoms with Crippen molar-refractivity contribution in [3.8, 4) is 5.75 Å². The van der Waals surface area contributed by atoms with Gasteiger partial charge in [0.25, 0.3) is 17.7 Å². The van der Waals surface area contributed by atoms with Crippen LogP contribution in [0, 0.1) is 0 Å². The van der Waals surface area contributed by atoms with Crippen molar-refractivity contribution in [2.75, 3.05) is 17.7 Å². The van der Waals surface area contributed by atoms with Gasteiger partial charge in [-0.05, 0) is 74.5 Å². The molecule has 0 aromatic heterocycles. The van der Waals surface area contributed by atoms with Gasteiger partial charge in [-0.3, -0.25) is 19.3 Å². The summed E-state index contributed by atoms with van der Waals surface area (Å²) in [5.74, 6) is -0.369. The number of carbonyl (C=O) groups is 3. The van der Waals surface area contributed by atoms with Crippen LogP contribution in [0.5, 0.6) is 5.75 Å². The fourth-order valence-corrected chi connectivity index (χ4v) is 4.74. The zero-order valence-corrected chi connectivity index (χ0v) is 21.4. The fourth-order valence-electron chi connectivity index (χ4n) is 3.59. The number of nitrogens with zero attached hydrogens (tertiary/aromatic N) is 1. The fraction of sp³-hybridized carbons (Fsp3) is 0.148. The van der Waals surface area contributed by atoms with Crippen LogP contribution in [0.15, 0.2) is 88.3 Å². The molecule has 3 amide bonds. The molecule has 4 rings (SSSR count). The molecule has 0 unspecified atom stereocenters.